The maximum absolute atomic E-state index is 6.42. The first-order valence-electron chi connectivity index (χ1n) is 30.8. The molecule has 0 saturated carbocycles. The third-order valence-corrected chi connectivity index (χ3v) is 18.4. The van der Waals surface area contributed by atoms with Crippen LogP contribution in [0.4, 0.5) is 0 Å². The zero-order chi connectivity index (χ0) is 59.4. The molecule has 15 aromatic carbocycles. The lowest BCUT2D eigenvalue weighted by atomic mass is 9.79. The van der Waals surface area contributed by atoms with E-state index in [1.165, 1.54) is 131 Å². The first kappa shape index (κ1) is 53.0. The van der Waals surface area contributed by atoms with Gasteiger partial charge in [-0.05, 0) is 209 Å². The molecule has 0 aliphatic rings. The standard InChI is InChI=1S/C44H38O.C42H26O/c1-43(2,3)31-18-20-34-37(25-31)41(27-12-8-7-9-13-27)33-19-17-32(44(4,5)6)26-38(33)42(34)30-16-21-39-35(23-30)36-22-28-14-10-11-15-29(28)24-40(36)45-39;1-3-11-27(12-4-1)31-19-21-35-38(24-31)41(28-13-5-2-6-14-28)33-17-9-10-18-34(33)42(35)32-20-22-39-36(25-32)37-23-29-15-7-8-16-30(29)26-40(37)43-39/h7-26H,1-6H3;1-26H. The minimum Gasteiger partial charge on any atom is -0.456 e. The molecule has 420 valence electrons. The molecule has 0 radical (unpaired) electrons. The number of fused-ring (bicyclic) bond motifs is 12. The zero-order valence-corrected chi connectivity index (χ0v) is 50.4. The van der Waals surface area contributed by atoms with E-state index in [1.807, 2.05) is 0 Å². The molecule has 0 bridgehead atoms. The van der Waals surface area contributed by atoms with E-state index >= 15 is 0 Å². The second-order valence-electron chi connectivity index (χ2n) is 25.9. The third kappa shape index (κ3) is 9.01. The summed E-state index contributed by atoms with van der Waals surface area (Å²) < 4.78 is 12.8. The molecule has 0 N–H and O–H groups in total. The first-order valence-corrected chi connectivity index (χ1v) is 30.8. The van der Waals surface area contributed by atoms with Crippen molar-refractivity contribution in [3.8, 4) is 55.6 Å². The quantitative estimate of drug-likeness (QED) is 0.161. The average molecular weight is 1130 g/mol. The molecule has 88 heavy (non-hydrogen) atoms. The molecule has 17 aromatic rings. The minimum absolute atomic E-state index is 0.0230. The Morgan fingerprint density at radius 3 is 0.932 bits per heavy atom. The van der Waals surface area contributed by atoms with Gasteiger partial charge >= 0.3 is 0 Å². The molecule has 17 rings (SSSR count). The van der Waals surface area contributed by atoms with Crippen molar-refractivity contribution in [3.05, 3.63) is 290 Å². The van der Waals surface area contributed by atoms with Gasteiger partial charge in [-0.25, -0.2) is 0 Å². The molecule has 2 aromatic heterocycles. The molecule has 2 heterocycles. The molecule has 0 amide bonds. The maximum atomic E-state index is 6.42. The van der Waals surface area contributed by atoms with Gasteiger partial charge in [-0.3, -0.25) is 0 Å². The van der Waals surface area contributed by atoms with Crippen molar-refractivity contribution in [2.45, 2.75) is 52.4 Å². The Balaban J connectivity index is 0.000000142. The van der Waals surface area contributed by atoms with Gasteiger partial charge in [0.1, 0.15) is 22.3 Å². The van der Waals surface area contributed by atoms with E-state index in [1.54, 1.807) is 0 Å². The summed E-state index contributed by atoms with van der Waals surface area (Å²) in [5.41, 5.74) is 18.8. The van der Waals surface area contributed by atoms with Crippen LogP contribution in [0, 0.1) is 0 Å². The normalized spacial score (nSPS) is 12.2. The van der Waals surface area contributed by atoms with E-state index < -0.39 is 0 Å². The monoisotopic (exact) mass is 1130 g/mol. The molecular weight excluding hydrogens is 1060 g/mol. The van der Waals surface area contributed by atoms with Gasteiger partial charge in [0.05, 0.1) is 0 Å². The topological polar surface area (TPSA) is 26.3 Å². The predicted octanol–water partition coefficient (Wildman–Crippen LogP) is 25.0. The van der Waals surface area contributed by atoms with Crippen LogP contribution in [0.15, 0.2) is 288 Å². The largest absolute Gasteiger partial charge is 0.456 e. The molecule has 2 nitrogen and oxygen atoms in total. The Bertz CT molecular complexity index is 5610. The van der Waals surface area contributed by atoms with E-state index in [0.29, 0.717) is 0 Å². The number of hydrogen-bond donors (Lipinski definition) is 0. The molecule has 0 spiro atoms. The Hall–Kier alpha value is -10.5. The van der Waals surface area contributed by atoms with Crippen molar-refractivity contribution < 1.29 is 8.83 Å². The molecule has 0 saturated heterocycles. The maximum Gasteiger partial charge on any atom is 0.136 e. The van der Waals surface area contributed by atoms with E-state index in [9.17, 15) is 0 Å². The zero-order valence-electron chi connectivity index (χ0n) is 50.4. The van der Waals surface area contributed by atoms with Gasteiger partial charge in [0.2, 0.25) is 0 Å². The molecule has 0 unspecified atom stereocenters. The molecule has 0 fully saturated rings. The van der Waals surface area contributed by atoms with Crippen LogP contribution in [-0.4, -0.2) is 0 Å². The summed E-state index contributed by atoms with van der Waals surface area (Å²) in [4.78, 5) is 0. The van der Waals surface area contributed by atoms with Crippen LogP contribution < -0.4 is 0 Å². The summed E-state index contributed by atoms with van der Waals surface area (Å²) >= 11 is 0. The fourth-order valence-electron chi connectivity index (χ4n) is 13.8. The predicted molar refractivity (Wildman–Crippen MR) is 377 cm³/mol. The fourth-order valence-corrected chi connectivity index (χ4v) is 13.8. The van der Waals surface area contributed by atoms with Crippen molar-refractivity contribution in [1.29, 1.82) is 0 Å². The van der Waals surface area contributed by atoms with Gasteiger partial charge in [-0.1, -0.05) is 254 Å². The van der Waals surface area contributed by atoms with Crippen molar-refractivity contribution in [2.75, 3.05) is 0 Å². The summed E-state index contributed by atoms with van der Waals surface area (Å²) in [5, 5.41) is 19.6. The van der Waals surface area contributed by atoms with Crippen LogP contribution in [0.3, 0.4) is 0 Å². The van der Waals surface area contributed by atoms with Crippen LogP contribution in [0.25, 0.3) is 164 Å². The van der Waals surface area contributed by atoms with Gasteiger partial charge in [0.15, 0.2) is 0 Å². The second kappa shape index (κ2) is 20.6. The SMILES string of the molecule is CC(C)(C)c1ccc2c(-c3ccc4oc5cc6ccccc6cc5c4c3)c3cc(C(C)(C)C)ccc3c(-c3ccccc3)c2c1.c1ccc(-c2ccc3c(-c4ccc5oc6cc7ccccc7cc6c5c4)c4ccccc4c(-c4ccccc4)c3c2)cc1. The Morgan fingerprint density at radius 1 is 0.193 bits per heavy atom. The molecular formula is C86H64O2. The summed E-state index contributed by atoms with van der Waals surface area (Å²) in [6.45, 7) is 13.8. The van der Waals surface area contributed by atoms with Crippen molar-refractivity contribution in [3.63, 3.8) is 0 Å². The first-order chi connectivity index (χ1) is 42.9. The lowest BCUT2D eigenvalue weighted by Gasteiger charge is -2.25. The van der Waals surface area contributed by atoms with Crippen LogP contribution in [0.5, 0.6) is 0 Å². The number of furan rings is 2. The van der Waals surface area contributed by atoms with Crippen LogP contribution >= 0.6 is 0 Å². The minimum atomic E-state index is 0.0230. The van der Waals surface area contributed by atoms with E-state index in [4.69, 9.17) is 8.83 Å². The molecule has 0 aliphatic heterocycles. The molecule has 2 heteroatoms. The van der Waals surface area contributed by atoms with Gasteiger partial charge < -0.3 is 8.83 Å². The van der Waals surface area contributed by atoms with Crippen molar-refractivity contribution >= 4 is 109 Å². The van der Waals surface area contributed by atoms with E-state index in [0.717, 1.165) is 43.9 Å². The Labute approximate surface area is 512 Å². The van der Waals surface area contributed by atoms with Crippen molar-refractivity contribution in [2.24, 2.45) is 0 Å². The summed E-state index contributed by atoms with van der Waals surface area (Å²) in [7, 11) is 0. The molecule has 0 atom stereocenters. The van der Waals surface area contributed by atoms with Crippen LogP contribution in [0.2, 0.25) is 0 Å². The third-order valence-electron chi connectivity index (χ3n) is 18.4. The Kier molecular flexibility index (Phi) is 12.4. The van der Waals surface area contributed by atoms with E-state index in [-0.39, 0.29) is 10.8 Å². The summed E-state index contributed by atoms with van der Waals surface area (Å²) in [6.07, 6.45) is 0. The van der Waals surface area contributed by atoms with Crippen LogP contribution in [0.1, 0.15) is 52.7 Å². The Morgan fingerprint density at radius 2 is 0.500 bits per heavy atom. The smallest absolute Gasteiger partial charge is 0.136 e. The second-order valence-corrected chi connectivity index (χ2v) is 25.9. The van der Waals surface area contributed by atoms with Crippen molar-refractivity contribution in [1.82, 2.24) is 0 Å². The summed E-state index contributed by atoms with van der Waals surface area (Å²) in [6, 6.07) is 102. The van der Waals surface area contributed by atoms with Gasteiger partial charge in [-0.2, -0.15) is 0 Å². The highest BCUT2D eigenvalue weighted by Gasteiger charge is 2.25. The van der Waals surface area contributed by atoms with Gasteiger partial charge in [-0.15, -0.1) is 0 Å². The fraction of sp³-hybridized carbons (Fsp3) is 0.0930. The number of rotatable bonds is 5. The highest BCUT2D eigenvalue weighted by atomic mass is 16.3. The van der Waals surface area contributed by atoms with Crippen LogP contribution in [-0.2, 0) is 10.8 Å². The molecule has 0 aliphatic carbocycles. The number of benzene rings is 15. The van der Waals surface area contributed by atoms with E-state index in [2.05, 4.69) is 321 Å². The lowest BCUT2D eigenvalue weighted by molar-refractivity contribution is 0.590. The number of hydrogen-bond acceptors (Lipinski definition) is 2. The van der Waals surface area contributed by atoms with Gasteiger partial charge in [0.25, 0.3) is 0 Å². The highest BCUT2D eigenvalue weighted by Crippen LogP contribution is 2.49. The summed E-state index contributed by atoms with van der Waals surface area (Å²) in [5.74, 6) is 0. The highest BCUT2D eigenvalue weighted by molar-refractivity contribution is 6.25. The lowest BCUT2D eigenvalue weighted by Crippen LogP contribution is -2.11. The van der Waals surface area contributed by atoms with Gasteiger partial charge in [0, 0.05) is 21.5 Å². The average Bonchev–Trinajstić information content (AvgIpc) is 0.807.